The molecule has 0 radical (unpaired) electrons. The Bertz CT molecular complexity index is 237. The van der Waals surface area contributed by atoms with E-state index in [1.807, 2.05) is 33.8 Å². The van der Waals surface area contributed by atoms with Crippen LogP contribution in [-0.2, 0) is 4.79 Å². The first-order chi connectivity index (χ1) is 6.65. The summed E-state index contributed by atoms with van der Waals surface area (Å²) in [4.78, 5) is 10.8. The monoisotopic (exact) mass is 195 g/mol. The summed E-state index contributed by atoms with van der Waals surface area (Å²) in [6.45, 7) is 11.5. The lowest BCUT2D eigenvalue weighted by atomic mass is 10.1. The van der Waals surface area contributed by atoms with Gasteiger partial charge >= 0.3 is 0 Å². The van der Waals surface area contributed by atoms with Crippen molar-refractivity contribution in [2.24, 2.45) is 5.73 Å². The fraction of sp³-hybridized carbons (Fsp3) is 0.417. The molecule has 0 spiro atoms. The number of amides is 1. The van der Waals surface area contributed by atoms with Gasteiger partial charge in [-0.25, -0.2) is 0 Å². The summed E-state index contributed by atoms with van der Waals surface area (Å²) < 4.78 is 0. The van der Waals surface area contributed by atoms with E-state index in [0.717, 1.165) is 12.0 Å². The first-order valence-electron chi connectivity index (χ1n) is 4.94. The SMILES string of the molecule is C=C/C(=C\C(=C/C)CC)C(N)=O.CC. The molecule has 0 heterocycles. The van der Waals surface area contributed by atoms with E-state index >= 15 is 0 Å². The maximum absolute atomic E-state index is 10.8. The molecule has 2 nitrogen and oxygen atoms in total. The van der Waals surface area contributed by atoms with Crippen LogP contribution in [0.4, 0.5) is 0 Å². The van der Waals surface area contributed by atoms with Gasteiger partial charge in [0.1, 0.15) is 0 Å². The topological polar surface area (TPSA) is 43.1 Å². The van der Waals surface area contributed by atoms with Crippen molar-refractivity contribution < 1.29 is 4.79 Å². The van der Waals surface area contributed by atoms with E-state index in [-0.39, 0.29) is 0 Å². The Morgan fingerprint density at radius 3 is 2.14 bits per heavy atom. The van der Waals surface area contributed by atoms with Gasteiger partial charge in [-0.05, 0) is 19.4 Å². The minimum atomic E-state index is -0.433. The van der Waals surface area contributed by atoms with Crippen LogP contribution in [0.25, 0.3) is 0 Å². The molecule has 14 heavy (non-hydrogen) atoms. The minimum Gasteiger partial charge on any atom is -0.366 e. The van der Waals surface area contributed by atoms with Gasteiger partial charge in [-0.2, -0.15) is 0 Å². The molecule has 0 bridgehead atoms. The Morgan fingerprint density at radius 2 is 1.93 bits per heavy atom. The second kappa shape index (κ2) is 9.78. The highest BCUT2D eigenvalue weighted by atomic mass is 16.1. The minimum absolute atomic E-state index is 0.433. The molecule has 0 aromatic carbocycles. The van der Waals surface area contributed by atoms with Crippen molar-refractivity contribution >= 4 is 5.91 Å². The van der Waals surface area contributed by atoms with Gasteiger partial charge in [-0.3, -0.25) is 4.79 Å². The van der Waals surface area contributed by atoms with Crippen LogP contribution in [0.1, 0.15) is 34.1 Å². The van der Waals surface area contributed by atoms with E-state index in [9.17, 15) is 4.79 Å². The van der Waals surface area contributed by atoms with Crippen molar-refractivity contribution in [1.82, 2.24) is 0 Å². The van der Waals surface area contributed by atoms with Crippen molar-refractivity contribution in [3.05, 3.63) is 36.0 Å². The summed E-state index contributed by atoms with van der Waals surface area (Å²) >= 11 is 0. The zero-order chi connectivity index (χ0) is 11.6. The first-order valence-corrected chi connectivity index (χ1v) is 4.94. The van der Waals surface area contributed by atoms with Crippen LogP contribution in [0.15, 0.2) is 36.0 Å². The second-order valence-corrected chi connectivity index (χ2v) is 2.39. The molecule has 0 aliphatic rings. The number of hydrogen-bond donors (Lipinski definition) is 1. The lowest BCUT2D eigenvalue weighted by Gasteiger charge is -1.98. The summed E-state index contributed by atoms with van der Waals surface area (Å²) in [5, 5.41) is 0. The van der Waals surface area contributed by atoms with Crippen molar-refractivity contribution in [2.45, 2.75) is 34.1 Å². The van der Waals surface area contributed by atoms with Crippen LogP contribution in [0.2, 0.25) is 0 Å². The highest BCUT2D eigenvalue weighted by molar-refractivity contribution is 5.95. The molecule has 0 atom stereocenters. The molecule has 0 aromatic rings. The van der Waals surface area contributed by atoms with E-state index in [2.05, 4.69) is 6.58 Å². The number of nitrogens with two attached hydrogens (primary N) is 1. The van der Waals surface area contributed by atoms with Crippen LogP contribution in [0.5, 0.6) is 0 Å². The molecule has 80 valence electrons. The van der Waals surface area contributed by atoms with Crippen LogP contribution >= 0.6 is 0 Å². The highest BCUT2D eigenvalue weighted by Gasteiger charge is 1.99. The Morgan fingerprint density at radius 1 is 1.43 bits per heavy atom. The lowest BCUT2D eigenvalue weighted by Crippen LogP contribution is -2.12. The summed E-state index contributed by atoms with van der Waals surface area (Å²) in [6.07, 6.45) is 6.07. The Balaban J connectivity index is 0. The standard InChI is InChI=1S/C10H15NO.C2H6/c1-4-8(5-2)7-9(6-3)10(11)12;1-2/h4,6-7H,3,5H2,1-2H3,(H2,11,12);1-2H3/b8-4-,9-7+;. The molecule has 0 saturated carbocycles. The van der Waals surface area contributed by atoms with Crippen molar-refractivity contribution in [1.29, 1.82) is 0 Å². The van der Waals surface area contributed by atoms with Crippen molar-refractivity contribution in [3.8, 4) is 0 Å². The zero-order valence-corrected chi connectivity index (χ0v) is 9.63. The molecule has 0 saturated heterocycles. The van der Waals surface area contributed by atoms with E-state index < -0.39 is 5.91 Å². The van der Waals surface area contributed by atoms with Crippen molar-refractivity contribution in [3.63, 3.8) is 0 Å². The predicted octanol–water partition coefficient (Wildman–Crippen LogP) is 2.97. The smallest absolute Gasteiger partial charge is 0.248 e. The zero-order valence-electron chi connectivity index (χ0n) is 9.63. The van der Waals surface area contributed by atoms with Gasteiger partial charge in [-0.1, -0.05) is 45.1 Å². The predicted molar refractivity (Wildman–Crippen MR) is 62.9 cm³/mol. The Hall–Kier alpha value is -1.31. The van der Waals surface area contributed by atoms with Gasteiger partial charge in [0.25, 0.3) is 0 Å². The van der Waals surface area contributed by atoms with Gasteiger partial charge in [0.2, 0.25) is 5.91 Å². The number of primary amides is 1. The molecule has 0 fully saturated rings. The van der Waals surface area contributed by atoms with Gasteiger partial charge < -0.3 is 5.73 Å². The third kappa shape index (κ3) is 6.23. The van der Waals surface area contributed by atoms with Gasteiger partial charge in [0, 0.05) is 5.57 Å². The first kappa shape index (κ1) is 15.2. The van der Waals surface area contributed by atoms with Crippen LogP contribution in [0.3, 0.4) is 0 Å². The maximum Gasteiger partial charge on any atom is 0.248 e. The van der Waals surface area contributed by atoms with Gasteiger partial charge in [-0.15, -0.1) is 0 Å². The van der Waals surface area contributed by atoms with E-state index in [1.165, 1.54) is 6.08 Å². The van der Waals surface area contributed by atoms with Crippen LogP contribution in [-0.4, -0.2) is 5.91 Å². The maximum atomic E-state index is 10.8. The fourth-order valence-corrected chi connectivity index (χ4v) is 0.820. The van der Waals surface area contributed by atoms with Gasteiger partial charge in [0.15, 0.2) is 0 Å². The van der Waals surface area contributed by atoms with E-state index in [1.54, 1.807) is 6.08 Å². The summed E-state index contributed by atoms with van der Waals surface area (Å²) in [5.41, 5.74) is 6.65. The van der Waals surface area contributed by atoms with E-state index in [4.69, 9.17) is 5.73 Å². The number of carbonyl (C=O) groups is 1. The number of rotatable bonds is 4. The van der Waals surface area contributed by atoms with Crippen LogP contribution in [0, 0.1) is 0 Å². The summed E-state index contributed by atoms with van der Waals surface area (Å²) in [7, 11) is 0. The molecule has 0 unspecified atom stereocenters. The molecular weight excluding hydrogens is 174 g/mol. The van der Waals surface area contributed by atoms with Gasteiger partial charge in [0.05, 0.1) is 0 Å². The molecule has 0 aliphatic heterocycles. The molecule has 2 N–H and O–H groups in total. The third-order valence-electron chi connectivity index (χ3n) is 1.62. The molecule has 0 aromatic heterocycles. The van der Waals surface area contributed by atoms with E-state index in [0.29, 0.717) is 5.57 Å². The number of carbonyl (C=O) groups excluding carboxylic acids is 1. The molecule has 0 aliphatic carbocycles. The highest BCUT2D eigenvalue weighted by Crippen LogP contribution is 2.06. The number of allylic oxidation sites excluding steroid dienone is 3. The molecular formula is C12H21NO. The average molecular weight is 195 g/mol. The average Bonchev–Trinajstić information content (AvgIpc) is 2.22. The molecule has 0 rings (SSSR count). The molecule has 1 amide bonds. The Labute approximate surface area is 87.2 Å². The third-order valence-corrected chi connectivity index (χ3v) is 1.62. The Kier molecular flexibility index (Phi) is 10.6. The van der Waals surface area contributed by atoms with Crippen molar-refractivity contribution in [2.75, 3.05) is 0 Å². The normalized spacial score (nSPS) is 11.4. The largest absolute Gasteiger partial charge is 0.366 e. The fourth-order valence-electron chi connectivity index (χ4n) is 0.820. The second-order valence-electron chi connectivity index (χ2n) is 2.39. The molecule has 2 heteroatoms. The number of hydrogen-bond acceptors (Lipinski definition) is 1. The van der Waals surface area contributed by atoms with Crippen LogP contribution < -0.4 is 5.73 Å². The summed E-state index contributed by atoms with van der Waals surface area (Å²) in [6, 6.07) is 0. The quantitative estimate of drug-likeness (QED) is 0.544. The lowest BCUT2D eigenvalue weighted by molar-refractivity contribution is -0.114. The summed E-state index contributed by atoms with van der Waals surface area (Å²) in [5.74, 6) is -0.433.